The largest absolute Gasteiger partial charge is 0.454 e. The van der Waals surface area contributed by atoms with Crippen LogP contribution >= 0.6 is 0 Å². The molecule has 4 heteroatoms. The fourth-order valence-electron chi connectivity index (χ4n) is 6.17. The van der Waals surface area contributed by atoms with Crippen LogP contribution in [0.3, 0.4) is 0 Å². The lowest BCUT2D eigenvalue weighted by Gasteiger charge is -2.28. The number of aryl methyl sites for hydroxylation is 2. The van der Waals surface area contributed by atoms with Gasteiger partial charge in [-0.2, -0.15) is 5.26 Å². The van der Waals surface area contributed by atoms with E-state index in [-0.39, 0.29) is 0 Å². The summed E-state index contributed by atoms with van der Waals surface area (Å²) in [5.74, 6) is 0. The highest BCUT2D eigenvalue weighted by molar-refractivity contribution is 7.01. The molecule has 3 nitrogen and oxygen atoms in total. The van der Waals surface area contributed by atoms with Crippen molar-refractivity contribution in [1.29, 1.82) is 5.26 Å². The Kier molecular flexibility index (Phi) is 4.69. The molecule has 2 aromatic carbocycles. The highest BCUT2D eigenvalue weighted by Gasteiger charge is 2.40. The predicted octanol–water partition coefficient (Wildman–Crippen LogP) is 7.31. The van der Waals surface area contributed by atoms with Gasteiger partial charge in [-0.3, -0.25) is 0 Å². The first kappa shape index (κ1) is 21.1. The van der Waals surface area contributed by atoms with E-state index in [0.717, 1.165) is 44.3 Å². The van der Waals surface area contributed by atoms with Gasteiger partial charge >= 0.3 is 0 Å². The molecule has 6 rings (SSSR count). The number of benzene rings is 2. The van der Waals surface area contributed by atoms with Gasteiger partial charge in [-0.25, -0.2) is 4.57 Å². The van der Waals surface area contributed by atoms with E-state index in [0.29, 0.717) is 0 Å². The number of furan rings is 1. The van der Waals surface area contributed by atoms with Gasteiger partial charge in [-0.05, 0) is 61.6 Å². The van der Waals surface area contributed by atoms with Gasteiger partial charge in [0.05, 0.1) is 17.2 Å². The quantitative estimate of drug-likeness (QED) is 0.232. The number of nitriles is 1. The number of nitrogens with zero attached hydrogens (tertiary/aromatic N) is 2. The third kappa shape index (κ3) is 2.90. The summed E-state index contributed by atoms with van der Waals surface area (Å²) in [6.45, 7) is 7.05. The molecule has 0 bridgehead atoms. The normalized spacial score (nSPS) is 17.2. The Balaban J connectivity index is 1.68. The van der Waals surface area contributed by atoms with Crippen molar-refractivity contribution in [2.75, 3.05) is 0 Å². The average molecular weight is 462 g/mol. The second-order valence-electron chi connectivity index (χ2n) is 10.3. The summed E-state index contributed by atoms with van der Waals surface area (Å²) in [5.41, 5.74) is 8.49. The number of fused-ring (bicyclic) bond motifs is 3. The topological polar surface area (TPSA) is 40.8 Å². The van der Waals surface area contributed by atoms with Gasteiger partial charge in [0.15, 0.2) is 6.20 Å². The molecule has 0 amide bonds. The molecule has 168 valence electrons. The third-order valence-corrected chi connectivity index (χ3v) is 11.8. The Bertz CT molecular complexity index is 1610. The van der Waals surface area contributed by atoms with Crippen LogP contribution in [0.15, 0.2) is 69.9 Å². The minimum atomic E-state index is -1.86. The second kappa shape index (κ2) is 7.55. The summed E-state index contributed by atoms with van der Waals surface area (Å²) in [6.07, 6.45) is 9.42. The van der Waals surface area contributed by atoms with Gasteiger partial charge in [0.25, 0.3) is 0 Å². The van der Waals surface area contributed by atoms with E-state index in [1.807, 2.05) is 12.1 Å². The molecular weight excluding hydrogens is 432 g/mol. The van der Waals surface area contributed by atoms with Crippen LogP contribution in [0.2, 0.25) is 13.1 Å². The van der Waals surface area contributed by atoms with E-state index in [2.05, 4.69) is 80.3 Å². The van der Waals surface area contributed by atoms with Crippen LogP contribution in [0.25, 0.3) is 38.4 Å². The van der Waals surface area contributed by atoms with Crippen molar-refractivity contribution in [2.45, 2.75) is 45.7 Å². The molecular formula is C30H29N2OSi+. The van der Waals surface area contributed by atoms with Crippen molar-refractivity contribution in [3.8, 4) is 17.3 Å². The van der Waals surface area contributed by atoms with Crippen LogP contribution < -0.4 is 4.57 Å². The predicted molar refractivity (Wildman–Crippen MR) is 141 cm³/mol. The number of hydrogen-bond acceptors (Lipinski definition) is 2. The fraction of sp³-hybridized carbons (Fsp3) is 0.267. The van der Waals surface area contributed by atoms with Crippen LogP contribution in [-0.4, -0.2) is 8.07 Å². The summed E-state index contributed by atoms with van der Waals surface area (Å²) in [7, 11) is 0.214. The number of hydrogen-bond donors (Lipinski definition) is 0. The molecule has 3 heterocycles. The Labute approximate surface area is 201 Å². The van der Waals surface area contributed by atoms with Crippen LogP contribution in [0.1, 0.15) is 42.4 Å². The minimum absolute atomic E-state index is 0.724. The second-order valence-corrected chi connectivity index (χ2v) is 14.7. The molecule has 0 radical (unpaired) electrons. The van der Waals surface area contributed by atoms with Gasteiger partial charge in [-0.1, -0.05) is 42.1 Å². The van der Waals surface area contributed by atoms with Crippen molar-refractivity contribution < 1.29 is 8.98 Å². The summed E-state index contributed by atoms with van der Waals surface area (Å²) in [5, 5.41) is 15.4. The summed E-state index contributed by atoms with van der Waals surface area (Å²) in [6, 6.07) is 17.2. The molecule has 0 N–H and O–H groups in total. The molecule has 0 spiro atoms. The molecule has 0 unspecified atom stereocenters. The monoisotopic (exact) mass is 461 g/mol. The first-order valence-electron chi connectivity index (χ1n) is 12.2. The standard InChI is InChI=1S/C30H29N2OSi/c1-19-12-14-22-23-15-13-21(18-31)28(26-17-20-9-5-6-11-25(20)34(26,3)4)30(23)33-29(22)27(19)24-10-7-8-16-32(24)2/h7-8,10,12-17H,5-6,9,11H2,1-4H3/q+1. The van der Waals surface area contributed by atoms with Gasteiger partial charge < -0.3 is 4.42 Å². The molecule has 0 fully saturated rings. The summed E-state index contributed by atoms with van der Waals surface area (Å²) < 4.78 is 8.95. The van der Waals surface area contributed by atoms with Crippen molar-refractivity contribution in [1.82, 2.24) is 0 Å². The van der Waals surface area contributed by atoms with Gasteiger partial charge in [-0.15, -0.1) is 0 Å². The molecule has 1 aliphatic carbocycles. The third-order valence-electron chi connectivity index (χ3n) is 7.98. The lowest BCUT2D eigenvalue weighted by molar-refractivity contribution is -0.660. The fourth-order valence-corrected chi connectivity index (χ4v) is 9.70. The lowest BCUT2D eigenvalue weighted by Crippen LogP contribution is -2.30. The van der Waals surface area contributed by atoms with Gasteiger partial charge in [0.2, 0.25) is 5.69 Å². The molecule has 0 atom stereocenters. The van der Waals surface area contributed by atoms with Crippen LogP contribution in [0.5, 0.6) is 0 Å². The average Bonchev–Trinajstić information content (AvgIpc) is 3.33. The van der Waals surface area contributed by atoms with Crippen molar-refractivity contribution in [3.63, 3.8) is 0 Å². The smallest absolute Gasteiger partial charge is 0.216 e. The highest BCUT2D eigenvalue weighted by atomic mass is 28.3. The maximum absolute atomic E-state index is 10.1. The number of pyridine rings is 1. The molecule has 4 aromatic rings. The zero-order chi connectivity index (χ0) is 23.6. The van der Waals surface area contributed by atoms with E-state index in [1.165, 1.54) is 42.0 Å². The Hall–Kier alpha value is -3.42. The Morgan fingerprint density at radius 1 is 0.941 bits per heavy atom. The summed E-state index contributed by atoms with van der Waals surface area (Å²) >= 11 is 0. The zero-order valence-electron chi connectivity index (χ0n) is 20.3. The first-order chi connectivity index (χ1) is 16.4. The molecule has 2 aromatic heterocycles. The van der Waals surface area contributed by atoms with E-state index in [9.17, 15) is 5.26 Å². The van der Waals surface area contributed by atoms with Crippen molar-refractivity contribution >= 4 is 35.2 Å². The van der Waals surface area contributed by atoms with Crippen molar-refractivity contribution in [2.24, 2.45) is 7.05 Å². The maximum Gasteiger partial charge on any atom is 0.216 e. The molecule has 0 saturated heterocycles. The molecule has 34 heavy (non-hydrogen) atoms. The highest BCUT2D eigenvalue weighted by Crippen LogP contribution is 2.49. The van der Waals surface area contributed by atoms with Gasteiger partial charge in [0, 0.05) is 28.5 Å². The first-order valence-corrected chi connectivity index (χ1v) is 15.2. The SMILES string of the molecule is Cc1ccc2c(oc3c(C4=CC5=C(CCCC5)[Si]4(C)C)c(C#N)ccc32)c1-c1cccc[n+]1C. The van der Waals surface area contributed by atoms with E-state index in [1.54, 1.807) is 5.20 Å². The van der Waals surface area contributed by atoms with Crippen LogP contribution in [0.4, 0.5) is 0 Å². The van der Waals surface area contributed by atoms with E-state index >= 15 is 0 Å². The van der Waals surface area contributed by atoms with E-state index in [4.69, 9.17) is 4.42 Å². The lowest BCUT2D eigenvalue weighted by atomic mass is 9.97. The van der Waals surface area contributed by atoms with Gasteiger partial charge in [0.1, 0.15) is 26.3 Å². The van der Waals surface area contributed by atoms with Crippen molar-refractivity contribution in [3.05, 3.63) is 82.2 Å². The minimum Gasteiger partial charge on any atom is -0.454 e. The summed E-state index contributed by atoms with van der Waals surface area (Å²) in [4.78, 5) is 0. The van der Waals surface area contributed by atoms with Crippen LogP contribution in [-0.2, 0) is 7.05 Å². The van der Waals surface area contributed by atoms with Crippen LogP contribution in [0, 0.1) is 18.3 Å². The molecule has 1 aliphatic heterocycles. The molecule has 2 aliphatic rings. The zero-order valence-corrected chi connectivity index (χ0v) is 21.3. The number of aromatic nitrogens is 1. The Morgan fingerprint density at radius 2 is 1.68 bits per heavy atom. The number of allylic oxidation sites excluding steroid dienone is 3. The maximum atomic E-state index is 10.1. The molecule has 0 saturated carbocycles. The Morgan fingerprint density at radius 3 is 2.41 bits per heavy atom. The number of rotatable bonds is 2. The van der Waals surface area contributed by atoms with E-state index < -0.39 is 8.07 Å².